The van der Waals surface area contributed by atoms with Gasteiger partial charge in [-0.25, -0.2) is 14.0 Å². The van der Waals surface area contributed by atoms with Crippen LogP contribution in [-0.2, 0) is 28.0 Å². The van der Waals surface area contributed by atoms with Gasteiger partial charge in [-0.1, -0.05) is 6.07 Å². The first-order valence-corrected chi connectivity index (χ1v) is 11.8. The van der Waals surface area contributed by atoms with Crippen LogP contribution in [0.25, 0.3) is 10.1 Å². The molecule has 1 aromatic carbocycles. The number of hydrogen-bond donors (Lipinski definition) is 1. The second kappa shape index (κ2) is 12.6. The summed E-state index contributed by atoms with van der Waals surface area (Å²) in [4.78, 5) is 34.8. The van der Waals surface area contributed by atoms with E-state index in [0.717, 1.165) is 4.70 Å². The van der Waals surface area contributed by atoms with Crippen LogP contribution in [0.3, 0.4) is 0 Å². The van der Waals surface area contributed by atoms with Gasteiger partial charge in [-0.3, -0.25) is 13.8 Å². The fraction of sp³-hybridized carbons (Fsp3) is 0.450. The van der Waals surface area contributed by atoms with E-state index in [1.807, 2.05) is 0 Å². The number of ether oxygens (including phenoxy) is 4. The van der Waals surface area contributed by atoms with Gasteiger partial charge in [0.1, 0.15) is 0 Å². The summed E-state index contributed by atoms with van der Waals surface area (Å²) in [5.41, 5.74) is 5.48. The Kier molecular flexibility index (Phi) is 10.2. The number of carbonyl (C=O) groups is 3. The Balaban J connectivity index is 2.09. The van der Waals surface area contributed by atoms with Crippen molar-refractivity contribution in [1.29, 1.82) is 0 Å². The molecule has 1 atom stereocenters. The second-order valence-corrected chi connectivity index (χ2v) is 9.63. The van der Waals surface area contributed by atoms with Gasteiger partial charge in [-0.15, -0.1) is 11.3 Å². The van der Waals surface area contributed by atoms with Crippen molar-refractivity contribution >= 4 is 48.0 Å². The van der Waals surface area contributed by atoms with Gasteiger partial charge in [0.15, 0.2) is 5.91 Å². The van der Waals surface area contributed by atoms with Crippen molar-refractivity contribution < 1.29 is 46.8 Å². The van der Waals surface area contributed by atoms with E-state index in [2.05, 4.69) is 0 Å². The first kappa shape index (κ1) is 26.7. The normalized spacial score (nSPS) is 12.2. The molecule has 0 spiro atoms. The van der Waals surface area contributed by atoms with Crippen LogP contribution in [0.15, 0.2) is 24.3 Å². The van der Waals surface area contributed by atoms with E-state index in [1.165, 1.54) is 23.5 Å². The molecule has 0 fully saturated rings. The lowest BCUT2D eigenvalue weighted by Gasteiger charge is -2.21. The molecule has 0 saturated heterocycles. The lowest BCUT2D eigenvalue weighted by Crippen LogP contribution is -2.16. The zero-order chi connectivity index (χ0) is 24.5. The Labute approximate surface area is 194 Å². The first-order chi connectivity index (χ1) is 15.6. The van der Waals surface area contributed by atoms with Crippen LogP contribution in [-0.4, -0.2) is 44.0 Å². The third-order valence-corrected chi connectivity index (χ3v) is 6.14. The van der Waals surface area contributed by atoms with Crippen molar-refractivity contribution in [2.24, 2.45) is 5.73 Å². The summed E-state index contributed by atoms with van der Waals surface area (Å²) in [5.74, 6) is -2.39. The summed E-state index contributed by atoms with van der Waals surface area (Å²) in [6, 6.07) is 6.21. The fourth-order valence-corrected chi connectivity index (χ4v) is 4.28. The lowest BCUT2D eigenvalue weighted by molar-refractivity contribution is -0.0261. The number of nitrogens with two attached hydrogens (primary N) is 1. The van der Waals surface area contributed by atoms with Crippen molar-refractivity contribution in [2.75, 3.05) is 13.6 Å². The molecule has 1 heterocycles. The molecule has 0 radical (unpaired) electrons. The smallest absolute Gasteiger partial charge is 0.432 e. The van der Waals surface area contributed by atoms with Gasteiger partial charge in [0, 0.05) is 4.70 Å². The number of thiophene rings is 1. The minimum Gasteiger partial charge on any atom is -0.432 e. The van der Waals surface area contributed by atoms with Crippen LogP contribution in [0.2, 0.25) is 0 Å². The summed E-state index contributed by atoms with van der Waals surface area (Å²) >= 11 is 1.18. The summed E-state index contributed by atoms with van der Waals surface area (Å²) in [6.45, 7) is 5.23. The Morgan fingerprint density at radius 3 is 2.00 bits per heavy atom. The van der Waals surface area contributed by atoms with Crippen LogP contribution in [0.5, 0.6) is 0 Å². The molecule has 0 saturated carbocycles. The number of carbonyl (C=O) groups excluding carboxylic acids is 3. The molecule has 2 N–H and O–H groups in total. The number of hydrogen-bond acceptors (Lipinski definition) is 10. The van der Waals surface area contributed by atoms with Gasteiger partial charge in [0.2, 0.25) is 22.0 Å². The quantitative estimate of drug-likeness (QED) is 0.244. The average molecular weight is 505 g/mol. The molecule has 2 aromatic rings. The van der Waals surface area contributed by atoms with Gasteiger partial charge >= 0.3 is 12.3 Å². The monoisotopic (exact) mass is 505 g/mol. The van der Waals surface area contributed by atoms with Crippen LogP contribution >= 0.6 is 19.7 Å². The van der Waals surface area contributed by atoms with Gasteiger partial charge in [-0.05, 0) is 56.8 Å². The van der Waals surface area contributed by atoms with Gasteiger partial charge < -0.3 is 24.7 Å². The Hall–Kier alpha value is -2.53. The third-order valence-electron chi connectivity index (χ3n) is 3.62. The van der Waals surface area contributed by atoms with E-state index in [0.29, 0.717) is 10.3 Å². The van der Waals surface area contributed by atoms with Crippen LogP contribution in [0, 0.1) is 0 Å². The average Bonchev–Trinajstić information content (AvgIpc) is 3.14. The van der Waals surface area contributed by atoms with Crippen LogP contribution < -0.4 is 5.73 Å². The van der Waals surface area contributed by atoms with E-state index >= 15 is 4.39 Å². The molecule has 182 valence electrons. The molecular weight excluding hydrogens is 480 g/mol. The zero-order valence-corrected chi connectivity index (χ0v) is 20.2. The highest BCUT2D eigenvalue weighted by Crippen LogP contribution is 2.54. The Morgan fingerprint density at radius 2 is 1.52 bits per heavy atom. The SMILES string of the molecule is CC(C)OC(=O)OCOP(OCOC(=O)OC(C)C)C(F)c1ccc2sc(C(N)=O)cc2c1. The molecule has 10 nitrogen and oxygen atoms in total. The highest BCUT2D eigenvalue weighted by Gasteiger charge is 2.28. The van der Waals surface area contributed by atoms with E-state index in [1.54, 1.807) is 39.8 Å². The predicted molar refractivity (Wildman–Crippen MR) is 118 cm³/mol. The minimum atomic E-state index is -2.38. The fourth-order valence-electron chi connectivity index (χ4n) is 2.33. The third kappa shape index (κ3) is 8.73. The van der Waals surface area contributed by atoms with Crippen LogP contribution in [0.1, 0.15) is 48.8 Å². The van der Waals surface area contributed by atoms with Gasteiger partial charge in [0.05, 0.1) is 17.1 Å². The maximum Gasteiger partial charge on any atom is 0.510 e. The highest BCUT2D eigenvalue weighted by molar-refractivity contribution is 7.47. The lowest BCUT2D eigenvalue weighted by atomic mass is 10.2. The van der Waals surface area contributed by atoms with Gasteiger partial charge in [-0.2, -0.15) is 0 Å². The standard InChI is InChI=1S/C20H25FNO9PS/c1-11(2)30-19(24)26-9-28-32(29-10-27-20(25)31-12(3)4)17(21)13-5-6-15-14(7-13)8-16(33-15)18(22)23/h5-8,11-12,17H,9-10H2,1-4H3,(H2,22,23). The molecule has 0 aliphatic carbocycles. The molecule has 1 aromatic heterocycles. The molecule has 0 aliphatic rings. The summed E-state index contributed by atoms with van der Waals surface area (Å²) in [5, 5.41) is 0.609. The van der Waals surface area contributed by atoms with Crippen LogP contribution in [0.4, 0.5) is 14.0 Å². The maximum absolute atomic E-state index is 15.3. The van der Waals surface area contributed by atoms with Crippen molar-refractivity contribution in [3.05, 3.63) is 34.7 Å². The summed E-state index contributed by atoms with van der Waals surface area (Å²) < 4.78 is 45.7. The zero-order valence-electron chi connectivity index (χ0n) is 18.4. The summed E-state index contributed by atoms with van der Waals surface area (Å²) in [6.07, 6.45) is -2.81. The summed E-state index contributed by atoms with van der Waals surface area (Å²) in [7, 11) is -2.38. The number of alkyl halides is 1. The molecule has 33 heavy (non-hydrogen) atoms. The minimum absolute atomic E-state index is 0.178. The first-order valence-electron chi connectivity index (χ1n) is 9.76. The van der Waals surface area contributed by atoms with E-state index in [9.17, 15) is 14.4 Å². The Morgan fingerprint density at radius 1 is 0.970 bits per heavy atom. The highest BCUT2D eigenvalue weighted by atomic mass is 32.1. The van der Waals surface area contributed by atoms with Crippen molar-refractivity contribution in [3.8, 4) is 0 Å². The number of halogens is 1. The van der Waals surface area contributed by atoms with E-state index < -0.39 is 58.3 Å². The number of rotatable bonds is 11. The maximum atomic E-state index is 15.3. The molecule has 2 rings (SSSR count). The Bertz CT molecular complexity index is 940. The molecule has 13 heteroatoms. The van der Waals surface area contributed by atoms with Crippen molar-refractivity contribution in [3.63, 3.8) is 0 Å². The van der Waals surface area contributed by atoms with Crippen molar-refractivity contribution in [1.82, 2.24) is 0 Å². The van der Waals surface area contributed by atoms with E-state index in [4.69, 9.17) is 33.7 Å². The molecule has 1 unspecified atom stereocenters. The molecular formula is C20H25FNO9PS. The number of primary amides is 1. The number of benzene rings is 1. The molecule has 0 bridgehead atoms. The van der Waals surface area contributed by atoms with E-state index in [-0.39, 0.29) is 5.56 Å². The number of fused-ring (bicyclic) bond motifs is 1. The predicted octanol–water partition coefficient (Wildman–Crippen LogP) is 5.35. The largest absolute Gasteiger partial charge is 0.510 e. The molecule has 0 aliphatic heterocycles. The van der Waals surface area contributed by atoms with Gasteiger partial charge in [0.25, 0.3) is 5.91 Å². The topological polar surface area (TPSA) is 133 Å². The second-order valence-electron chi connectivity index (χ2n) is 7.01. The number of amides is 1. The molecule has 1 amide bonds. The van der Waals surface area contributed by atoms with Crippen molar-refractivity contribution in [2.45, 2.75) is 45.8 Å².